The number of fused-ring (bicyclic) bond motifs is 5. The summed E-state index contributed by atoms with van der Waals surface area (Å²) in [5.74, 6) is 0.637. The van der Waals surface area contributed by atoms with E-state index in [9.17, 15) is 15.0 Å². The molecule has 3 aliphatic carbocycles. The number of Topliss-reactive ketones (excluding diaryl/α,β-unsaturated/α-hetero) is 1. The summed E-state index contributed by atoms with van der Waals surface area (Å²) in [6.07, 6.45) is -3.67. The minimum Gasteiger partial charge on any atom is -0.390 e. The van der Waals surface area contributed by atoms with Gasteiger partial charge in [-0.3, -0.25) is 4.79 Å². The van der Waals surface area contributed by atoms with Crippen molar-refractivity contribution in [3.05, 3.63) is 0 Å². The molecule has 0 aromatic heterocycles. The van der Waals surface area contributed by atoms with E-state index < -0.39 is 141 Å². The summed E-state index contributed by atoms with van der Waals surface area (Å²) in [5, 5.41) is 22.0. The average molecular weight is 1200 g/mol. The second-order valence-corrected chi connectivity index (χ2v) is 27.1. The maximum atomic E-state index is 13.5. The summed E-state index contributed by atoms with van der Waals surface area (Å²) in [6, 6.07) is 0. The Morgan fingerprint density at radius 3 is 1.32 bits per heavy atom. The molecular formula is C62H102O22. The number of aliphatic hydroxyl groups excluding tert-OH is 2. The van der Waals surface area contributed by atoms with Crippen LogP contribution in [-0.4, -0.2) is 223 Å². The van der Waals surface area contributed by atoms with Crippen molar-refractivity contribution < 1.29 is 105 Å². The predicted octanol–water partition coefficient (Wildman–Crippen LogP) is 6.01. The number of carbonyl (C=O) groups excluding carboxylic acids is 1. The van der Waals surface area contributed by atoms with Crippen molar-refractivity contribution in [2.24, 2.45) is 28.6 Å². The van der Waals surface area contributed by atoms with Gasteiger partial charge in [0, 0.05) is 98.8 Å². The molecule has 0 amide bonds. The van der Waals surface area contributed by atoms with Crippen molar-refractivity contribution in [1.82, 2.24) is 0 Å². The van der Waals surface area contributed by atoms with Crippen molar-refractivity contribution in [1.29, 1.82) is 0 Å². The Labute approximate surface area is 497 Å². The molecule has 11 fully saturated rings. The molecule has 3 saturated carbocycles. The standard InChI is InChI=1S/C62H102O22/c1-29-38-15-16-46(64)61(38,9)47-28-45-60(8)19-18-37(21-36(60)17-20-62(45,83-29)84-47)77-49-24-41(67-11)57(32(4)73-49)81-53-27-44(70-14)59(35(7)76-53)82-52-26-43(69-13)56(33(5)75-52)79-48-22-39(63)55(31(3)72-48)78-51-25-42(68-12)58(34(6)74-51)80-50-23-40(66-10)54(65)30(2)71-50/h29-45,47-59,63,65H,15-28H2,1-14H3/t29?,30-,31-,32-,33-,34-,35-,36?,37+,38-,39+,40-,41+,42-,43-,44-,45-,47?,48+,49+,50+,51+,52+,53+,54-,55-,56-,57-,58-,59-,60+,61-,62+/m1/s1. The molecule has 2 N–H and O–H groups in total. The van der Waals surface area contributed by atoms with E-state index in [0.717, 1.165) is 44.9 Å². The first-order chi connectivity index (χ1) is 40.1. The van der Waals surface area contributed by atoms with Gasteiger partial charge in [-0.05, 0) is 105 Å². The lowest BCUT2D eigenvalue weighted by atomic mass is 9.52. The Bertz CT molecular complexity index is 2170. The molecule has 1 spiro atoms. The van der Waals surface area contributed by atoms with Crippen LogP contribution in [0.15, 0.2) is 0 Å². The molecular weight excluding hydrogens is 1100 g/mol. The minimum absolute atomic E-state index is 0.00648. The summed E-state index contributed by atoms with van der Waals surface area (Å²) < 4.78 is 122. The first kappa shape index (κ1) is 64.4. The van der Waals surface area contributed by atoms with Crippen LogP contribution in [0, 0.1) is 28.6 Å². The van der Waals surface area contributed by atoms with Crippen LogP contribution in [0.2, 0.25) is 0 Å². The molecule has 482 valence electrons. The quantitative estimate of drug-likeness (QED) is 0.159. The summed E-state index contributed by atoms with van der Waals surface area (Å²) in [5.41, 5.74) is -0.450. The molecule has 0 radical (unpaired) electrons. The monoisotopic (exact) mass is 1200 g/mol. The number of carbonyl (C=O) groups is 1. The molecule has 0 aromatic rings. The molecule has 84 heavy (non-hydrogen) atoms. The van der Waals surface area contributed by atoms with Crippen LogP contribution in [0.5, 0.6) is 0 Å². The van der Waals surface area contributed by atoms with E-state index in [1.54, 1.807) is 42.5 Å². The van der Waals surface area contributed by atoms with Gasteiger partial charge in [-0.1, -0.05) is 6.92 Å². The van der Waals surface area contributed by atoms with Crippen molar-refractivity contribution >= 4 is 5.78 Å². The van der Waals surface area contributed by atoms with Crippen molar-refractivity contribution in [2.75, 3.05) is 35.5 Å². The zero-order valence-corrected chi connectivity index (χ0v) is 52.3. The number of ether oxygens (including phenoxy) is 19. The first-order valence-corrected chi connectivity index (χ1v) is 31.9. The Morgan fingerprint density at radius 2 is 0.857 bits per heavy atom. The molecule has 11 rings (SSSR count). The normalized spacial score (nSPS) is 54.3. The number of methoxy groups -OCH3 is 5. The maximum Gasteiger partial charge on any atom is 0.172 e. The highest BCUT2D eigenvalue weighted by Crippen LogP contribution is 2.67. The second kappa shape index (κ2) is 26.2. The lowest BCUT2D eigenvalue weighted by molar-refractivity contribution is -0.354. The van der Waals surface area contributed by atoms with Crippen LogP contribution in [0.25, 0.3) is 0 Å². The fourth-order valence-corrected chi connectivity index (χ4v) is 17.5. The minimum atomic E-state index is -0.936. The van der Waals surface area contributed by atoms with Gasteiger partial charge in [0.15, 0.2) is 43.5 Å². The molecule has 8 aliphatic heterocycles. The third-order valence-corrected chi connectivity index (χ3v) is 22.3. The third kappa shape index (κ3) is 12.4. The molecule has 8 heterocycles. The van der Waals surface area contributed by atoms with Gasteiger partial charge in [-0.2, -0.15) is 0 Å². The Kier molecular flexibility index (Phi) is 20.1. The highest BCUT2D eigenvalue weighted by atomic mass is 16.8. The highest BCUT2D eigenvalue weighted by molar-refractivity contribution is 5.88. The summed E-state index contributed by atoms with van der Waals surface area (Å²) in [7, 11) is 8.19. The number of hydrogen-bond donors (Lipinski definition) is 2. The van der Waals surface area contributed by atoms with Crippen LogP contribution in [0.4, 0.5) is 0 Å². The number of aliphatic hydroxyl groups is 2. The number of ketones is 1. The fourth-order valence-electron chi connectivity index (χ4n) is 17.5. The molecule has 2 bridgehead atoms. The molecule has 33 atom stereocenters. The van der Waals surface area contributed by atoms with Gasteiger partial charge in [-0.15, -0.1) is 0 Å². The lowest BCUT2D eigenvalue weighted by Gasteiger charge is -2.57. The SMILES string of the molecule is CO[C@H]1C[C@H](O[C@H]2CC[C@@]3(C)C(CC[C@@]45OC(C)[C@H]6CCC(=O)[C@]6(C)C(C[C@@H]43)O5)C2)O[C@H](C)[C@H]1O[C@H]1C[C@@H](OC)[C@H](O[C@H]2C[C@@H](OC)[C@H](O[C@H]3C[C@H](O)[C@H](O[C@H]4C[C@@H](OC)[C@H](O[C@H]5C[C@@H](OC)[C@H](O)[C@@H](C)O5)[C@@H](C)O4)[C@@H](C)O3)[C@@H](C)O2)[C@@H](C)O1. The van der Waals surface area contributed by atoms with Gasteiger partial charge >= 0.3 is 0 Å². The molecule has 3 unspecified atom stereocenters. The number of hydrogen-bond acceptors (Lipinski definition) is 22. The van der Waals surface area contributed by atoms with E-state index in [2.05, 4.69) is 20.8 Å². The van der Waals surface area contributed by atoms with Crippen LogP contribution in [-0.2, 0) is 94.8 Å². The van der Waals surface area contributed by atoms with Crippen LogP contribution < -0.4 is 0 Å². The highest BCUT2D eigenvalue weighted by Gasteiger charge is 2.70. The van der Waals surface area contributed by atoms with E-state index in [1.165, 1.54) is 0 Å². The van der Waals surface area contributed by atoms with E-state index >= 15 is 0 Å². The largest absolute Gasteiger partial charge is 0.390 e. The average Bonchev–Trinajstić information content (AvgIpc) is 1.58. The van der Waals surface area contributed by atoms with Gasteiger partial charge in [-0.25, -0.2) is 0 Å². The zero-order chi connectivity index (χ0) is 59.7. The Morgan fingerprint density at radius 1 is 0.440 bits per heavy atom. The third-order valence-electron chi connectivity index (χ3n) is 22.3. The van der Waals surface area contributed by atoms with E-state index in [0.29, 0.717) is 50.2 Å². The Hall–Kier alpha value is -1.17. The summed E-state index contributed by atoms with van der Waals surface area (Å²) >= 11 is 0. The van der Waals surface area contributed by atoms with E-state index in [-0.39, 0.29) is 60.3 Å². The molecule has 22 heteroatoms. The van der Waals surface area contributed by atoms with E-state index in [4.69, 9.17) is 90.0 Å². The molecule has 11 aliphatic rings. The van der Waals surface area contributed by atoms with Gasteiger partial charge in [0.25, 0.3) is 0 Å². The van der Waals surface area contributed by atoms with Crippen molar-refractivity contribution in [2.45, 2.75) is 324 Å². The van der Waals surface area contributed by atoms with Crippen LogP contribution in [0.3, 0.4) is 0 Å². The van der Waals surface area contributed by atoms with Gasteiger partial charge in [0.05, 0.1) is 97.0 Å². The van der Waals surface area contributed by atoms with E-state index in [1.807, 2.05) is 34.6 Å². The summed E-state index contributed by atoms with van der Waals surface area (Å²) in [4.78, 5) is 13.5. The lowest BCUT2D eigenvalue weighted by Crippen LogP contribution is -2.58. The predicted molar refractivity (Wildman–Crippen MR) is 296 cm³/mol. The van der Waals surface area contributed by atoms with Crippen LogP contribution in [0.1, 0.15) is 152 Å². The van der Waals surface area contributed by atoms with Crippen molar-refractivity contribution in [3.8, 4) is 0 Å². The van der Waals surface area contributed by atoms with Gasteiger partial charge < -0.3 is 100 Å². The van der Waals surface area contributed by atoms with Crippen LogP contribution >= 0.6 is 0 Å². The molecule has 22 nitrogen and oxygen atoms in total. The Balaban J connectivity index is 0.625. The maximum absolute atomic E-state index is 13.5. The zero-order valence-electron chi connectivity index (χ0n) is 52.3. The smallest absolute Gasteiger partial charge is 0.172 e. The summed E-state index contributed by atoms with van der Waals surface area (Å²) in [6.45, 7) is 18.2. The fraction of sp³-hybridized carbons (Fsp3) is 0.984. The second-order valence-electron chi connectivity index (χ2n) is 27.1. The first-order valence-electron chi connectivity index (χ1n) is 31.9. The van der Waals surface area contributed by atoms with Gasteiger partial charge in [0.1, 0.15) is 42.4 Å². The molecule has 0 aromatic carbocycles. The molecule has 8 saturated heterocycles. The number of rotatable bonds is 17. The van der Waals surface area contributed by atoms with Crippen molar-refractivity contribution in [3.63, 3.8) is 0 Å². The van der Waals surface area contributed by atoms with Gasteiger partial charge in [0.2, 0.25) is 0 Å². The topological polar surface area (TPSA) is 233 Å².